The Morgan fingerprint density at radius 3 is 2.75 bits per heavy atom. The van der Waals surface area contributed by atoms with Crippen LogP contribution in [0.3, 0.4) is 0 Å². The quantitative estimate of drug-likeness (QED) is 0.688. The maximum Gasteiger partial charge on any atom is 0.220 e. The Balaban J connectivity index is 2.14. The third-order valence-electron chi connectivity index (χ3n) is 3.32. The fourth-order valence-electron chi connectivity index (χ4n) is 1.67. The van der Waals surface area contributed by atoms with Gasteiger partial charge in [-0.1, -0.05) is 13.8 Å². The summed E-state index contributed by atoms with van der Waals surface area (Å²) in [5.74, 6) is 1.64. The molecule has 1 aromatic heterocycles. The zero-order chi connectivity index (χ0) is 15.0. The molecule has 0 aromatic carbocycles. The van der Waals surface area contributed by atoms with E-state index >= 15 is 0 Å². The van der Waals surface area contributed by atoms with Crippen LogP contribution in [0.5, 0.6) is 0 Å². The van der Waals surface area contributed by atoms with E-state index in [-0.39, 0.29) is 5.91 Å². The predicted octanol–water partition coefficient (Wildman–Crippen LogP) is 2.74. The third kappa shape index (κ3) is 6.24. The number of carbonyl (C=O) groups is 1. The second kappa shape index (κ2) is 8.64. The number of amides is 1. The van der Waals surface area contributed by atoms with Crippen LogP contribution < -0.4 is 5.32 Å². The van der Waals surface area contributed by atoms with Gasteiger partial charge in [-0.3, -0.25) is 4.79 Å². The van der Waals surface area contributed by atoms with Gasteiger partial charge >= 0.3 is 0 Å². The SMILES string of the molecule is CCC(O)(CC)CNC(=O)CCSCc1csc(C)n1. The van der Waals surface area contributed by atoms with Crippen molar-refractivity contribution < 1.29 is 9.90 Å². The summed E-state index contributed by atoms with van der Waals surface area (Å²) < 4.78 is 0. The van der Waals surface area contributed by atoms with Gasteiger partial charge in [0.2, 0.25) is 5.91 Å². The Kier molecular flexibility index (Phi) is 7.55. The minimum Gasteiger partial charge on any atom is -0.388 e. The molecule has 0 unspecified atom stereocenters. The molecule has 0 saturated carbocycles. The van der Waals surface area contributed by atoms with E-state index in [1.807, 2.05) is 20.8 Å². The smallest absolute Gasteiger partial charge is 0.220 e. The number of nitrogens with zero attached hydrogens (tertiary/aromatic N) is 1. The van der Waals surface area contributed by atoms with Crippen LogP contribution in [0.25, 0.3) is 0 Å². The summed E-state index contributed by atoms with van der Waals surface area (Å²) in [5, 5.41) is 16.0. The fraction of sp³-hybridized carbons (Fsp3) is 0.714. The van der Waals surface area contributed by atoms with Gasteiger partial charge in [0, 0.05) is 29.9 Å². The van der Waals surface area contributed by atoms with Crippen molar-refractivity contribution in [1.82, 2.24) is 10.3 Å². The van der Waals surface area contributed by atoms with E-state index in [1.54, 1.807) is 23.1 Å². The molecule has 6 heteroatoms. The summed E-state index contributed by atoms with van der Waals surface area (Å²) in [4.78, 5) is 16.1. The van der Waals surface area contributed by atoms with Gasteiger partial charge in [-0.2, -0.15) is 11.8 Å². The van der Waals surface area contributed by atoms with Gasteiger partial charge in [0.1, 0.15) is 0 Å². The molecular formula is C14H24N2O2S2. The molecule has 0 saturated heterocycles. The third-order valence-corrected chi connectivity index (χ3v) is 5.14. The summed E-state index contributed by atoms with van der Waals surface area (Å²) in [6.45, 7) is 6.20. The van der Waals surface area contributed by atoms with Crippen molar-refractivity contribution in [3.63, 3.8) is 0 Å². The lowest BCUT2D eigenvalue weighted by Gasteiger charge is -2.25. The van der Waals surface area contributed by atoms with E-state index in [0.29, 0.717) is 25.8 Å². The maximum absolute atomic E-state index is 11.7. The number of hydrogen-bond donors (Lipinski definition) is 2. The van der Waals surface area contributed by atoms with Crippen LogP contribution >= 0.6 is 23.1 Å². The largest absolute Gasteiger partial charge is 0.388 e. The first-order valence-corrected chi connectivity index (χ1v) is 9.00. The van der Waals surface area contributed by atoms with Crippen molar-refractivity contribution in [3.05, 3.63) is 16.1 Å². The topological polar surface area (TPSA) is 62.2 Å². The van der Waals surface area contributed by atoms with E-state index in [4.69, 9.17) is 0 Å². The van der Waals surface area contributed by atoms with Crippen LogP contribution in [0, 0.1) is 6.92 Å². The van der Waals surface area contributed by atoms with Crippen molar-refractivity contribution in [2.24, 2.45) is 0 Å². The second-order valence-corrected chi connectivity index (χ2v) is 7.04. The Labute approximate surface area is 129 Å². The minimum absolute atomic E-state index is 0.00674. The van der Waals surface area contributed by atoms with Gasteiger partial charge in [-0.15, -0.1) is 11.3 Å². The van der Waals surface area contributed by atoms with Crippen LogP contribution in [-0.2, 0) is 10.5 Å². The van der Waals surface area contributed by atoms with Gasteiger partial charge in [-0.05, 0) is 19.8 Å². The molecule has 0 atom stereocenters. The van der Waals surface area contributed by atoms with Crippen LogP contribution in [0.15, 0.2) is 5.38 Å². The number of rotatable bonds is 9. The van der Waals surface area contributed by atoms with Gasteiger partial charge in [0.15, 0.2) is 0 Å². The van der Waals surface area contributed by atoms with Crippen LogP contribution in [0.1, 0.15) is 43.8 Å². The molecule has 0 spiro atoms. The normalized spacial score (nSPS) is 11.6. The molecule has 1 amide bonds. The first-order chi connectivity index (χ1) is 9.49. The molecule has 1 rings (SSSR count). The lowest BCUT2D eigenvalue weighted by molar-refractivity contribution is -0.122. The van der Waals surface area contributed by atoms with Gasteiger partial charge in [-0.25, -0.2) is 4.98 Å². The lowest BCUT2D eigenvalue weighted by Crippen LogP contribution is -2.42. The van der Waals surface area contributed by atoms with Crippen LogP contribution in [0.4, 0.5) is 0 Å². The summed E-state index contributed by atoms with van der Waals surface area (Å²) in [7, 11) is 0. The lowest BCUT2D eigenvalue weighted by atomic mass is 9.97. The van der Waals surface area contributed by atoms with Crippen molar-refractivity contribution in [1.29, 1.82) is 0 Å². The maximum atomic E-state index is 11.7. The molecule has 1 aromatic rings. The second-order valence-electron chi connectivity index (χ2n) is 4.87. The zero-order valence-corrected chi connectivity index (χ0v) is 14.1. The first kappa shape index (κ1) is 17.5. The number of hydrogen-bond acceptors (Lipinski definition) is 5. The highest BCUT2D eigenvalue weighted by molar-refractivity contribution is 7.98. The summed E-state index contributed by atoms with van der Waals surface area (Å²) in [5.41, 5.74) is 0.324. The summed E-state index contributed by atoms with van der Waals surface area (Å²) >= 11 is 3.37. The van der Waals surface area contributed by atoms with Crippen LogP contribution in [-0.4, -0.2) is 33.9 Å². The van der Waals surface area contributed by atoms with E-state index < -0.39 is 5.60 Å². The molecular weight excluding hydrogens is 292 g/mol. The van der Waals surface area contributed by atoms with Gasteiger partial charge in [0.05, 0.1) is 16.3 Å². The summed E-state index contributed by atoms with van der Waals surface area (Å²) in [6.07, 6.45) is 1.79. The van der Waals surface area contributed by atoms with E-state index in [9.17, 15) is 9.90 Å². The van der Waals surface area contributed by atoms with E-state index in [1.165, 1.54) is 0 Å². The Morgan fingerprint density at radius 1 is 1.50 bits per heavy atom. The van der Waals surface area contributed by atoms with Gasteiger partial charge in [0.25, 0.3) is 0 Å². The zero-order valence-electron chi connectivity index (χ0n) is 12.4. The summed E-state index contributed by atoms with van der Waals surface area (Å²) in [6, 6.07) is 0. The molecule has 0 bridgehead atoms. The van der Waals surface area contributed by atoms with E-state index in [0.717, 1.165) is 22.2 Å². The number of thiazole rings is 1. The molecule has 114 valence electrons. The predicted molar refractivity (Wildman–Crippen MR) is 86.2 cm³/mol. The monoisotopic (exact) mass is 316 g/mol. The highest BCUT2D eigenvalue weighted by Gasteiger charge is 2.22. The van der Waals surface area contributed by atoms with Gasteiger partial charge < -0.3 is 10.4 Å². The number of carbonyl (C=O) groups excluding carboxylic acids is 1. The molecule has 2 N–H and O–H groups in total. The van der Waals surface area contributed by atoms with Crippen molar-refractivity contribution in [2.75, 3.05) is 12.3 Å². The number of aryl methyl sites for hydroxylation is 1. The molecule has 0 radical (unpaired) electrons. The molecule has 0 aliphatic heterocycles. The van der Waals surface area contributed by atoms with Crippen LogP contribution in [0.2, 0.25) is 0 Å². The molecule has 20 heavy (non-hydrogen) atoms. The number of nitrogens with one attached hydrogen (secondary N) is 1. The molecule has 0 aliphatic carbocycles. The van der Waals surface area contributed by atoms with E-state index in [2.05, 4.69) is 15.7 Å². The van der Waals surface area contributed by atoms with Crippen molar-refractivity contribution in [2.45, 2.75) is 51.4 Å². The molecule has 0 aliphatic rings. The van der Waals surface area contributed by atoms with Crippen molar-refractivity contribution >= 4 is 29.0 Å². The Hall–Kier alpha value is -0.590. The average Bonchev–Trinajstić information content (AvgIpc) is 2.86. The number of aromatic nitrogens is 1. The highest BCUT2D eigenvalue weighted by atomic mass is 32.2. The average molecular weight is 316 g/mol. The standard InChI is InChI=1S/C14H24N2O2S2/c1-4-14(18,5-2)10-15-13(17)6-7-19-8-12-9-20-11(3)16-12/h9,18H,4-8,10H2,1-3H3,(H,15,17). The molecule has 4 nitrogen and oxygen atoms in total. The molecule has 1 heterocycles. The number of aliphatic hydroxyl groups is 1. The minimum atomic E-state index is -0.763. The first-order valence-electron chi connectivity index (χ1n) is 6.97. The Bertz CT molecular complexity index is 417. The number of thioether (sulfide) groups is 1. The fourth-order valence-corrected chi connectivity index (χ4v) is 3.22. The highest BCUT2D eigenvalue weighted by Crippen LogP contribution is 2.16. The molecule has 0 fully saturated rings. The Morgan fingerprint density at radius 2 is 2.20 bits per heavy atom. The van der Waals surface area contributed by atoms with Crippen molar-refractivity contribution in [3.8, 4) is 0 Å².